The lowest BCUT2D eigenvalue weighted by Crippen LogP contribution is -2.46. The van der Waals surface area contributed by atoms with Crippen molar-refractivity contribution in [3.63, 3.8) is 0 Å². The van der Waals surface area contributed by atoms with E-state index in [4.69, 9.17) is 9.05 Å². The summed E-state index contributed by atoms with van der Waals surface area (Å²) in [5.41, 5.74) is 0. The molecule has 0 aromatic heterocycles. The Bertz CT molecular complexity index is 927. The highest BCUT2D eigenvalue weighted by atomic mass is 31.2. The molecule has 8 nitrogen and oxygen atoms in total. The number of nitrogens with one attached hydrogen (secondary N) is 1. The number of hydrogen-bond donors (Lipinski definition) is 2. The van der Waals surface area contributed by atoms with Crippen LogP contribution in [0.5, 0.6) is 0 Å². The first-order valence-corrected chi connectivity index (χ1v) is 25.5. The highest BCUT2D eigenvalue weighted by Crippen LogP contribution is 2.38. The van der Waals surface area contributed by atoms with Gasteiger partial charge >= 0.3 is 0 Å². The summed E-state index contributed by atoms with van der Waals surface area (Å²) >= 11 is 0. The number of nitrogens with zero attached hydrogens (tertiary/aromatic N) is 1. The minimum Gasteiger partial charge on any atom is -0.756 e. The van der Waals surface area contributed by atoms with Gasteiger partial charge < -0.3 is 28.8 Å². The van der Waals surface area contributed by atoms with Gasteiger partial charge in [0.1, 0.15) is 13.2 Å². The molecule has 0 aliphatic rings. The summed E-state index contributed by atoms with van der Waals surface area (Å²) < 4.78 is 22.9. The third-order valence-corrected chi connectivity index (χ3v) is 12.0. The molecule has 0 radical (unpaired) electrons. The first kappa shape index (κ1) is 55.2. The lowest BCUT2D eigenvalue weighted by Gasteiger charge is -2.30. The standard InChI is InChI=1S/C47H95N2O6P/c1-6-8-10-11-12-13-14-15-16-17-18-19-20-21-22-23-24-25-26-27-28-29-30-31-32-33-34-35-36-37-39-41-47(51)48-45(46(50)40-38-9-7-2)44-55-56(52,53)54-43-42-49(3,4)5/h17-18,45-46,50H,6-16,19-44H2,1-5H3,(H-,48,51,52,53)/b18-17-. The summed E-state index contributed by atoms with van der Waals surface area (Å²) in [5, 5.41) is 13.6. The predicted molar refractivity (Wildman–Crippen MR) is 238 cm³/mol. The van der Waals surface area contributed by atoms with E-state index in [0.29, 0.717) is 23.9 Å². The highest BCUT2D eigenvalue weighted by molar-refractivity contribution is 7.45. The Morgan fingerprint density at radius 3 is 1.39 bits per heavy atom. The number of phosphoric acid groups is 1. The minimum absolute atomic E-state index is 0.0129. The predicted octanol–water partition coefficient (Wildman–Crippen LogP) is 12.9. The Morgan fingerprint density at radius 1 is 0.607 bits per heavy atom. The molecule has 0 aliphatic carbocycles. The molecule has 0 rings (SSSR count). The molecular formula is C47H95N2O6P. The lowest BCUT2D eigenvalue weighted by molar-refractivity contribution is -0.870. The normalized spacial score (nSPS) is 14.3. The van der Waals surface area contributed by atoms with Crippen molar-refractivity contribution in [2.45, 2.75) is 244 Å². The summed E-state index contributed by atoms with van der Waals surface area (Å²) in [6, 6.07) is -0.791. The number of quaternary nitrogens is 1. The largest absolute Gasteiger partial charge is 0.756 e. The zero-order valence-electron chi connectivity index (χ0n) is 37.9. The maximum atomic E-state index is 12.7. The van der Waals surface area contributed by atoms with E-state index in [1.807, 2.05) is 21.1 Å². The summed E-state index contributed by atoms with van der Waals surface area (Å²) in [6.45, 7) is 4.56. The van der Waals surface area contributed by atoms with Crippen LogP contribution >= 0.6 is 7.82 Å². The number of amides is 1. The van der Waals surface area contributed by atoms with Gasteiger partial charge in [0.15, 0.2) is 0 Å². The second kappa shape index (κ2) is 39.7. The molecule has 9 heteroatoms. The molecule has 3 atom stereocenters. The van der Waals surface area contributed by atoms with Crippen LogP contribution < -0.4 is 10.2 Å². The van der Waals surface area contributed by atoms with Gasteiger partial charge in [-0.15, -0.1) is 0 Å². The fraction of sp³-hybridized carbons (Fsp3) is 0.936. The Morgan fingerprint density at radius 2 is 0.982 bits per heavy atom. The third-order valence-electron chi connectivity index (χ3n) is 11.0. The first-order valence-electron chi connectivity index (χ1n) is 24.0. The van der Waals surface area contributed by atoms with Crippen molar-refractivity contribution in [2.75, 3.05) is 40.9 Å². The second-order valence-electron chi connectivity index (χ2n) is 17.8. The molecule has 1 amide bonds. The van der Waals surface area contributed by atoms with Crippen LogP contribution in [0.25, 0.3) is 0 Å². The molecule has 2 N–H and O–H groups in total. The fourth-order valence-electron chi connectivity index (χ4n) is 7.15. The van der Waals surface area contributed by atoms with Crippen molar-refractivity contribution in [3.05, 3.63) is 12.2 Å². The number of likely N-dealkylation sites (N-methyl/N-ethyl adjacent to an activating group) is 1. The van der Waals surface area contributed by atoms with Gasteiger partial charge in [-0.3, -0.25) is 9.36 Å². The van der Waals surface area contributed by atoms with Crippen LogP contribution in [0.4, 0.5) is 0 Å². The molecule has 0 aromatic carbocycles. The first-order chi connectivity index (χ1) is 27.0. The number of aliphatic hydroxyl groups is 1. The molecule has 0 heterocycles. The van der Waals surface area contributed by atoms with E-state index in [1.165, 1.54) is 167 Å². The summed E-state index contributed by atoms with van der Waals surface area (Å²) in [7, 11) is 1.31. The average molecular weight is 815 g/mol. The van der Waals surface area contributed by atoms with Crippen molar-refractivity contribution in [3.8, 4) is 0 Å². The molecule has 0 bridgehead atoms. The van der Waals surface area contributed by atoms with Gasteiger partial charge in [0.05, 0.1) is 39.9 Å². The van der Waals surface area contributed by atoms with Crippen LogP contribution in [0, 0.1) is 0 Å². The second-order valence-corrected chi connectivity index (χ2v) is 19.2. The maximum absolute atomic E-state index is 12.7. The van der Waals surface area contributed by atoms with E-state index >= 15 is 0 Å². The van der Waals surface area contributed by atoms with Crippen LogP contribution in [0.1, 0.15) is 232 Å². The van der Waals surface area contributed by atoms with Crippen LogP contribution in [-0.4, -0.2) is 68.5 Å². The maximum Gasteiger partial charge on any atom is 0.268 e. The summed E-state index contributed by atoms with van der Waals surface area (Å²) in [5.74, 6) is -0.173. The van der Waals surface area contributed by atoms with Gasteiger partial charge in [-0.1, -0.05) is 199 Å². The van der Waals surface area contributed by atoms with E-state index in [2.05, 4.69) is 31.3 Å². The molecule has 0 spiro atoms. The molecule has 3 unspecified atom stereocenters. The van der Waals surface area contributed by atoms with Crippen LogP contribution in [0.15, 0.2) is 12.2 Å². The van der Waals surface area contributed by atoms with Gasteiger partial charge in [0, 0.05) is 6.42 Å². The third kappa shape index (κ3) is 41.4. The van der Waals surface area contributed by atoms with Crippen molar-refractivity contribution < 1.29 is 32.9 Å². The van der Waals surface area contributed by atoms with Crippen molar-refractivity contribution >= 4 is 13.7 Å². The van der Waals surface area contributed by atoms with E-state index < -0.39 is 20.0 Å². The molecule has 0 fully saturated rings. The summed E-state index contributed by atoms with van der Waals surface area (Å²) in [6.07, 6.45) is 46.2. The SMILES string of the molecule is CCCCCCCCCC/C=C\CCCCCCCCCCCCCCCCCCCCCC(=O)NC(COP(=O)([O-])OCC[N+](C)(C)C)C(O)CCCCC. The van der Waals surface area contributed by atoms with E-state index in [1.54, 1.807) is 0 Å². The lowest BCUT2D eigenvalue weighted by atomic mass is 10.0. The number of allylic oxidation sites excluding steroid dienone is 2. The van der Waals surface area contributed by atoms with Gasteiger partial charge in [-0.2, -0.15) is 0 Å². The molecule has 0 saturated heterocycles. The van der Waals surface area contributed by atoms with Gasteiger partial charge in [-0.05, 0) is 38.5 Å². The smallest absolute Gasteiger partial charge is 0.268 e. The molecule has 56 heavy (non-hydrogen) atoms. The molecule has 334 valence electrons. The van der Waals surface area contributed by atoms with Crippen LogP contribution in [0.2, 0.25) is 0 Å². The van der Waals surface area contributed by atoms with Crippen LogP contribution in [-0.2, 0) is 18.4 Å². The van der Waals surface area contributed by atoms with E-state index in [9.17, 15) is 19.4 Å². The number of unbranched alkanes of at least 4 members (excludes halogenated alkanes) is 29. The van der Waals surface area contributed by atoms with E-state index in [-0.39, 0.29) is 19.1 Å². The Hall–Kier alpha value is -0.760. The number of phosphoric ester groups is 1. The number of carbonyl (C=O) groups is 1. The molecule has 0 aromatic rings. The van der Waals surface area contributed by atoms with Crippen molar-refractivity contribution in [1.29, 1.82) is 0 Å². The Kier molecular flexibility index (Phi) is 39.1. The highest BCUT2D eigenvalue weighted by Gasteiger charge is 2.24. The fourth-order valence-corrected chi connectivity index (χ4v) is 7.88. The number of aliphatic hydroxyl groups excluding tert-OH is 1. The van der Waals surface area contributed by atoms with E-state index in [0.717, 1.165) is 38.5 Å². The quantitative estimate of drug-likeness (QED) is 0.0274. The minimum atomic E-state index is -4.54. The number of rotatable bonds is 44. The van der Waals surface area contributed by atoms with Crippen molar-refractivity contribution in [1.82, 2.24) is 5.32 Å². The zero-order chi connectivity index (χ0) is 41.4. The molecule has 0 saturated carbocycles. The number of carbonyl (C=O) groups excluding carboxylic acids is 1. The van der Waals surface area contributed by atoms with Gasteiger partial charge in [0.25, 0.3) is 7.82 Å². The Labute approximate surface area is 348 Å². The molecular weight excluding hydrogens is 719 g/mol. The Balaban J connectivity index is 3.70. The van der Waals surface area contributed by atoms with Crippen molar-refractivity contribution in [2.24, 2.45) is 0 Å². The number of hydrogen-bond acceptors (Lipinski definition) is 6. The average Bonchev–Trinajstić information content (AvgIpc) is 3.15. The van der Waals surface area contributed by atoms with Gasteiger partial charge in [0.2, 0.25) is 5.91 Å². The topological polar surface area (TPSA) is 108 Å². The molecule has 0 aliphatic heterocycles. The monoisotopic (exact) mass is 815 g/mol. The van der Waals surface area contributed by atoms with Crippen LogP contribution in [0.3, 0.4) is 0 Å². The summed E-state index contributed by atoms with van der Waals surface area (Å²) in [4.78, 5) is 25.0. The zero-order valence-corrected chi connectivity index (χ0v) is 38.7. The van der Waals surface area contributed by atoms with Gasteiger partial charge in [-0.25, -0.2) is 0 Å².